The lowest BCUT2D eigenvalue weighted by Gasteiger charge is -2.42. The highest BCUT2D eigenvalue weighted by Gasteiger charge is 2.36. The number of aromatic nitrogens is 2. The topological polar surface area (TPSA) is 99.6 Å². The van der Waals surface area contributed by atoms with Gasteiger partial charge >= 0.3 is 5.97 Å². The molecule has 0 amide bonds. The summed E-state index contributed by atoms with van der Waals surface area (Å²) in [6, 6.07) is 20.8. The second-order valence-electron chi connectivity index (χ2n) is 14.9. The molecular formula is C43H59N3O4. The van der Waals surface area contributed by atoms with Crippen molar-refractivity contribution in [3.05, 3.63) is 83.0 Å². The van der Waals surface area contributed by atoms with Gasteiger partial charge in [0.2, 0.25) is 0 Å². The summed E-state index contributed by atoms with van der Waals surface area (Å²) in [6.45, 7) is 15.2. The third kappa shape index (κ3) is 8.26. The Hall–Kier alpha value is -3.68. The minimum atomic E-state index is -0.859. The van der Waals surface area contributed by atoms with E-state index in [0.29, 0.717) is 30.0 Å². The highest BCUT2D eigenvalue weighted by atomic mass is 16.5. The van der Waals surface area contributed by atoms with E-state index in [1.165, 1.54) is 19.3 Å². The maximum absolute atomic E-state index is 12.2. The van der Waals surface area contributed by atoms with Crippen molar-refractivity contribution in [2.45, 2.75) is 119 Å². The van der Waals surface area contributed by atoms with Gasteiger partial charge in [-0.2, -0.15) is 5.10 Å². The minimum Gasteiger partial charge on any atom is -0.487 e. The van der Waals surface area contributed by atoms with Crippen LogP contribution in [0.25, 0.3) is 22.0 Å². The maximum atomic E-state index is 12.2. The van der Waals surface area contributed by atoms with Crippen LogP contribution in [0, 0.1) is 23.2 Å². The van der Waals surface area contributed by atoms with Crippen molar-refractivity contribution in [2.75, 3.05) is 6.61 Å². The predicted molar refractivity (Wildman–Crippen MR) is 203 cm³/mol. The Bertz CT molecular complexity index is 1710. The molecule has 3 N–H and O–H groups in total. The SMILES string of the molecule is CCCCC1CCC(n2nc(COc3cccc(CC(C)C(CC)(CC)C(C)C)c3CC(=O)O)c3cc(-c4cccc(CN)c4)ccc32)OC1. The van der Waals surface area contributed by atoms with Gasteiger partial charge in [0.1, 0.15) is 18.1 Å². The second-order valence-corrected chi connectivity index (χ2v) is 14.9. The number of carboxylic acid groups (broad SMARTS) is 1. The van der Waals surface area contributed by atoms with Gasteiger partial charge in [0.15, 0.2) is 6.23 Å². The molecule has 0 bridgehead atoms. The van der Waals surface area contributed by atoms with E-state index in [1.807, 2.05) is 28.9 Å². The van der Waals surface area contributed by atoms with Crippen LogP contribution in [0.5, 0.6) is 5.75 Å². The summed E-state index contributed by atoms with van der Waals surface area (Å²) in [6.07, 6.45) is 8.45. The van der Waals surface area contributed by atoms with Gasteiger partial charge in [-0.05, 0) is 108 Å². The van der Waals surface area contributed by atoms with Crippen LogP contribution in [0.3, 0.4) is 0 Å². The largest absolute Gasteiger partial charge is 0.487 e. The van der Waals surface area contributed by atoms with Crippen molar-refractivity contribution in [3.63, 3.8) is 0 Å². The number of ether oxygens (including phenoxy) is 2. The molecule has 1 aliphatic heterocycles. The van der Waals surface area contributed by atoms with Crippen molar-refractivity contribution in [1.82, 2.24) is 9.78 Å². The van der Waals surface area contributed by atoms with Gasteiger partial charge in [-0.15, -0.1) is 0 Å². The molecule has 1 aromatic heterocycles. The molecule has 50 heavy (non-hydrogen) atoms. The van der Waals surface area contributed by atoms with Crippen molar-refractivity contribution in [3.8, 4) is 16.9 Å². The number of aliphatic carboxylic acids is 1. The first-order valence-corrected chi connectivity index (χ1v) is 19.0. The van der Waals surface area contributed by atoms with Gasteiger partial charge in [-0.25, -0.2) is 4.68 Å². The summed E-state index contributed by atoms with van der Waals surface area (Å²) in [5.74, 6) is 1.26. The second kappa shape index (κ2) is 17.0. The van der Waals surface area contributed by atoms with E-state index in [-0.39, 0.29) is 24.7 Å². The first kappa shape index (κ1) is 37.6. The van der Waals surface area contributed by atoms with Gasteiger partial charge < -0.3 is 20.3 Å². The number of nitrogens with zero attached hydrogens (tertiary/aromatic N) is 2. The third-order valence-electron chi connectivity index (χ3n) is 11.8. The van der Waals surface area contributed by atoms with Crippen LogP contribution in [0.1, 0.15) is 115 Å². The fourth-order valence-electron chi connectivity index (χ4n) is 8.59. The normalized spacial score (nSPS) is 17.4. The molecular weight excluding hydrogens is 622 g/mol. The zero-order chi connectivity index (χ0) is 35.8. The standard InChI is InChI=1S/C43H59N3O4/c1-7-10-13-31-18-21-41(50-27-31)46-39-20-19-34(33-15-11-14-32(23-33)26-44)24-37(39)38(45-46)28-49-40-17-12-16-35(36(40)25-42(47)48)22-30(6)43(8-2,9-3)29(4)5/h11-12,14-17,19-20,23-24,29-31,41H,7-10,13,18,21-22,25-28,44H2,1-6H3,(H,47,48). The highest BCUT2D eigenvalue weighted by Crippen LogP contribution is 2.44. The molecule has 3 aromatic carbocycles. The van der Waals surface area contributed by atoms with Crippen LogP contribution in [-0.4, -0.2) is 27.5 Å². The molecule has 2 heterocycles. The molecule has 1 saturated heterocycles. The summed E-state index contributed by atoms with van der Waals surface area (Å²) in [7, 11) is 0. The van der Waals surface area contributed by atoms with Gasteiger partial charge in [-0.1, -0.05) is 90.8 Å². The summed E-state index contributed by atoms with van der Waals surface area (Å²) < 4.78 is 15.1. The van der Waals surface area contributed by atoms with Crippen LogP contribution < -0.4 is 10.5 Å². The Labute approximate surface area is 299 Å². The zero-order valence-electron chi connectivity index (χ0n) is 31.2. The lowest BCUT2D eigenvalue weighted by atomic mass is 9.63. The van der Waals surface area contributed by atoms with E-state index in [9.17, 15) is 9.90 Å². The first-order chi connectivity index (χ1) is 24.1. The molecule has 3 atom stereocenters. The molecule has 0 aliphatic carbocycles. The average Bonchev–Trinajstić information content (AvgIpc) is 3.49. The van der Waals surface area contributed by atoms with E-state index in [1.54, 1.807) is 0 Å². The Morgan fingerprint density at radius 2 is 1.80 bits per heavy atom. The minimum absolute atomic E-state index is 0.0862. The van der Waals surface area contributed by atoms with Crippen LogP contribution in [0.4, 0.5) is 0 Å². The third-order valence-corrected chi connectivity index (χ3v) is 11.8. The van der Waals surface area contributed by atoms with Crippen LogP contribution in [0.2, 0.25) is 0 Å². The molecule has 7 nitrogen and oxygen atoms in total. The van der Waals surface area contributed by atoms with E-state index in [2.05, 4.69) is 77.9 Å². The van der Waals surface area contributed by atoms with Gasteiger partial charge in [0, 0.05) is 17.5 Å². The van der Waals surface area contributed by atoms with E-state index >= 15 is 0 Å². The summed E-state index contributed by atoms with van der Waals surface area (Å²) >= 11 is 0. The van der Waals surface area contributed by atoms with Crippen molar-refractivity contribution >= 4 is 16.9 Å². The van der Waals surface area contributed by atoms with Crippen LogP contribution >= 0.6 is 0 Å². The van der Waals surface area contributed by atoms with Gasteiger partial charge in [0.25, 0.3) is 0 Å². The molecule has 3 unspecified atom stereocenters. The fraction of sp³-hybridized carbons (Fsp3) is 0.535. The quantitative estimate of drug-likeness (QED) is 0.115. The number of benzene rings is 3. The zero-order valence-corrected chi connectivity index (χ0v) is 31.2. The number of carboxylic acids is 1. The number of unbranched alkanes of at least 4 members (excludes halogenated alkanes) is 1. The number of nitrogens with two attached hydrogens (primary N) is 1. The molecule has 0 saturated carbocycles. The van der Waals surface area contributed by atoms with Crippen molar-refractivity contribution < 1.29 is 19.4 Å². The first-order valence-electron chi connectivity index (χ1n) is 19.0. The molecule has 1 aliphatic rings. The molecule has 0 spiro atoms. The number of rotatable bonds is 17. The number of carbonyl (C=O) groups is 1. The van der Waals surface area contributed by atoms with E-state index in [4.69, 9.17) is 20.3 Å². The summed E-state index contributed by atoms with van der Waals surface area (Å²) in [5, 5.41) is 16.2. The molecule has 5 rings (SSSR count). The predicted octanol–water partition coefficient (Wildman–Crippen LogP) is 10.1. The van der Waals surface area contributed by atoms with Gasteiger partial charge in [0.05, 0.1) is 18.5 Å². The van der Waals surface area contributed by atoms with Crippen molar-refractivity contribution in [2.24, 2.45) is 28.9 Å². The molecule has 270 valence electrons. The lowest BCUT2D eigenvalue weighted by molar-refractivity contribution is -0.136. The summed E-state index contributed by atoms with van der Waals surface area (Å²) in [5.41, 5.74) is 13.1. The average molecular weight is 682 g/mol. The Balaban J connectivity index is 1.49. The van der Waals surface area contributed by atoms with Crippen LogP contribution in [-0.2, 0) is 35.5 Å². The Morgan fingerprint density at radius 3 is 2.46 bits per heavy atom. The Morgan fingerprint density at radius 1 is 1.04 bits per heavy atom. The number of fused-ring (bicyclic) bond motifs is 1. The monoisotopic (exact) mass is 681 g/mol. The highest BCUT2D eigenvalue weighted by molar-refractivity contribution is 5.87. The Kier molecular flexibility index (Phi) is 12.8. The lowest BCUT2D eigenvalue weighted by Crippen LogP contribution is -2.34. The number of hydrogen-bond donors (Lipinski definition) is 2. The fourth-order valence-corrected chi connectivity index (χ4v) is 8.59. The van der Waals surface area contributed by atoms with Crippen LogP contribution in [0.15, 0.2) is 60.7 Å². The van der Waals surface area contributed by atoms with E-state index < -0.39 is 5.97 Å². The van der Waals surface area contributed by atoms with Gasteiger partial charge in [-0.3, -0.25) is 4.79 Å². The molecule has 0 radical (unpaired) electrons. The van der Waals surface area contributed by atoms with Crippen molar-refractivity contribution in [1.29, 1.82) is 0 Å². The molecule has 1 fully saturated rings. The summed E-state index contributed by atoms with van der Waals surface area (Å²) in [4.78, 5) is 12.2. The van der Waals surface area contributed by atoms with E-state index in [0.717, 1.165) is 83.1 Å². The number of hydrogen-bond acceptors (Lipinski definition) is 5. The maximum Gasteiger partial charge on any atom is 0.307 e. The molecule has 4 aromatic rings. The smallest absolute Gasteiger partial charge is 0.307 e. The molecule has 7 heteroatoms.